The summed E-state index contributed by atoms with van der Waals surface area (Å²) >= 11 is 6.65. The summed E-state index contributed by atoms with van der Waals surface area (Å²) in [6.45, 7) is -0.634. The first kappa shape index (κ1) is 13.6. The standard InChI is InChI=1S/C12H8ClNO4S/c13-8-4-2-1-3-7(8)5-9-11(17)14(6-10(15)16)12(18)19-9/h1-5H,6H2,(H,15,16)/b9-5-. The van der Waals surface area contributed by atoms with Crippen molar-refractivity contribution in [1.29, 1.82) is 0 Å². The fraction of sp³-hybridized carbons (Fsp3) is 0.0833. The van der Waals surface area contributed by atoms with Gasteiger partial charge in [0.1, 0.15) is 6.54 Å². The summed E-state index contributed by atoms with van der Waals surface area (Å²) in [6.07, 6.45) is 1.48. The van der Waals surface area contributed by atoms with Gasteiger partial charge in [-0.1, -0.05) is 29.8 Å². The first-order valence-electron chi connectivity index (χ1n) is 5.20. The van der Waals surface area contributed by atoms with E-state index in [1.807, 2.05) is 0 Å². The third-order valence-electron chi connectivity index (χ3n) is 2.36. The van der Waals surface area contributed by atoms with Crippen molar-refractivity contribution in [3.05, 3.63) is 39.8 Å². The molecule has 1 fully saturated rings. The van der Waals surface area contributed by atoms with Crippen LogP contribution in [0.2, 0.25) is 5.02 Å². The topological polar surface area (TPSA) is 74.7 Å². The third kappa shape index (κ3) is 2.97. The number of nitrogens with zero attached hydrogens (tertiary/aromatic N) is 1. The lowest BCUT2D eigenvalue weighted by Gasteiger charge is -2.07. The Morgan fingerprint density at radius 2 is 2.05 bits per heavy atom. The lowest BCUT2D eigenvalue weighted by molar-refractivity contribution is -0.140. The fourth-order valence-electron chi connectivity index (χ4n) is 1.50. The molecule has 1 aliphatic rings. The van der Waals surface area contributed by atoms with E-state index in [1.165, 1.54) is 6.08 Å². The molecule has 1 aromatic carbocycles. The second kappa shape index (κ2) is 5.46. The molecule has 1 heterocycles. The van der Waals surface area contributed by atoms with E-state index in [-0.39, 0.29) is 4.91 Å². The molecule has 5 nitrogen and oxygen atoms in total. The molecule has 1 N–H and O–H groups in total. The van der Waals surface area contributed by atoms with Crippen molar-refractivity contribution in [1.82, 2.24) is 4.90 Å². The Labute approximate surface area is 117 Å². The number of rotatable bonds is 3. The molecule has 2 rings (SSSR count). The molecule has 0 aliphatic carbocycles. The Morgan fingerprint density at radius 1 is 1.37 bits per heavy atom. The Bertz CT molecular complexity index is 599. The number of carbonyl (C=O) groups excluding carboxylic acids is 2. The van der Waals surface area contributed by atoms with Crippen LogP contribution in [0.25, 0.3) is 6.08 Å². The summed E-state index contributed by atoms with van der Waals surface area (Å²) in [5.74, 6) is -1.85. The van der Waals surface area contributed by atoms with Crippen LogP contribution in [0.3, 0.4) is 0 Å². The monoisotopic (exact) mass is 297 g/mol. The number of benzene rings is 1. The number of carbonyl (C=O) groups is 3. The zero-order valence-corrected chi connectivity index (χ0v) is 11.1. The summed E-state index contributed by atoms with van der Waals surface area (Å²) in [5, 5.41) is 8.49. The summed E-state index contributed by atoms with van der Waals surface area (Å²) in [7, 11) is 0. The molecule has 0 radical (unpaired) electrons. The van der Waals surface area contributed by atoms with E-state index in [0.29, 0.717) is 27.2 Å². The molecule has 19 heavy (non-hydrogen) atoms. The van der Waals surface area contributed by atoms with E-state index in [2.05, 4.69) is 0 Å². The van der Waals surface area contributed by atoms with Gasteiger partial charge in [-0.2, -0.15) is 0 Å². The molecular weight excluding hydrogens is 290 g/mol. The molecular formula is C12H8ClNO4S. The van der Waals surface area contributed by atoms with E-state index < -0.39 is 23.7 Å². The van der Waals surface area contributed by atoms with Crippen LogP contribution in [0.15, 0.2) is 29.2 Å². The number of thioether (sulfide) groups is 1. The number of hydrogen-bond donors (Lipinski definition) is 1. The maximum atomic E-state index is 11.9. The van der Waals surface area contributed by atoms with Crippen LogP contribution in [0.4, 0.5) is 4.79 Å². The minimum absolute atomic E-state index is 0.166. The number of carboxylic acid groups (broad SMARTS) is 1. The number of hydrogen-bond acceptors (Lipinski definition) is 4. The Kier molecular flexibility index (Phi) is 3.92. The maximum absolute atomic E-state index is 11.9. The van der Waals surface area contributed by atoms with Gasteiger partial charge in [0, 0.05) is 5.02 Å². The first-order valence-corrected chi connectivity index (χ1v) is 6.40. The zero-order chi connectivity index (χ0) is 14.0. The molecule has 1 aromatic rings. The van der Waals surface area contributed by atoms with Crippen molar-refractivity contribution in [2.45, 2.75) is 0 Å². The molecule has 0 atom stereocenters. The predicted molar refractivity (Wildman–Crippen MR) is 71.8 cm³/mol. The van der Waals surface area contributed by atoms with Crippen molar-refractivity contribution < 1.29 is 19.5 Å². The van der Waals surface area contributed by atoms with Crippen LogP contribution >= 0.6 is 23.4 Å². The maximum Gasteiger partial charge on any atom is 0.323 e. The van der Waals surface area contributed by atoms with Gasteiger partial charge in [-0.3, -0.25) is 19.3 Å². The largest absolute Gasteiger partial charge is 0.480 e. The van der Waals surface area contributed by atoms with Crippen LogP contribution in [-0.2, 0) is 9.59 Å². The fourth-order valence-corrected chi connectivity index (χ4v) is 2.52. The van der Waals surface area contributed by atoms with E-state index in [9.17, 15) is 14.4 Å². The second-order valence-corrected chi connectivity index (χ2v) is 5.08. The average molecular weight is 298 g/mol. The molecule has 2 amide bonds. The normalized spacial score (nSPS) is 17.3. The van der Waals surface area contributed by atoms with Gasteiger partial charge < -0.3 is 5.11 Å². The van der Waals surface area contributed by atoms with Gasteiger partial charge in [-0.25, -0.2) is 0 Å². The highest BCUT2D eigenvalue weighted by molar-refractivity contribution is 8.18. The molecule has 0 aromatic heterocycles. The number of imide groups is 1. The van der Waals surface area contributed by atoms with E-state index in [0.717, 1.165) is 0 Å². The molecule has 98 valence electrons. The van der Waals surface area contributed by atoms with E-state index >= 15 is 0 Å². The minimum atomic E-state index is -1.23. The predicted octanol–water partition coefficient (Wildman–Crippen LogP) is 2.46. The highest BCUT2D eigenvalue weighted by Crippen LogP contribution is 2.33. The van der Waals surface area contributed by atoms with Crippen LogP contribution < -0.4 is 0 Å². The number of aliphatic carboxylic acids is 1. The number of amides is 2. The van der Waals surface area contributed by atoms with Gasteiger partial charge in [0.15, 0.2) is 0 Å². The number of carboxylic acids is 1. The molecule has 1 saturated heterocycles. The first-order chi connectivity index (χ1) is 8.99. The van der Waals surface area contributed by atoms with Gasteiger partial charge in [-0.15, -0.1) is 0 Å². The van der Waals surface area contributed by atoms with Crippen molar-refractivity contribution in [2.24, 2.45) is 0 Å². The summed E-state index contributed by atoms with van der Waals surface area (Å²) in [6, 6.07) is 6.86. The highest BCUT2D eigenvalue weighted by atomic mass is 35.5. The highest BCUT2D eigenvalue weighted by Gasteiger charge is 2.36. The lowest BCUT2D eigenvalue weighted by atomic mass is 10.2. The Morgan fingerprint density at radius 3 is 2.68 bits per heavy atom. The van der Waals surface area contributed by atoms with Crippen molar-refractivity contribution in [3.8, 4) is 0 Å². The number of halogens is 1. The van der Waals surface area contributed by atoms with Gasteiger partial charge in [0.2, 0.25) is 0 Å². The SMILES string of the molecule is O=C(O)CN1C(=O)S/C(=C\c2ccccc2Cl)C1=O. The third-order valence-corrected chi connectivity index (χ3v) is 3.61. The zero-order valence-electron chi connectivity index (χ0n) is 9.50. The van der Waals surface area contributed by atoms with Crippen molar-refractivity contribution >= 4 is 46.6 Å². The smallest absolute Gasteiger partial charge is 0.323 e. The van der Waals surface area contributed by atoms with Gasteiger partial charge in [0.25, 0.3) is 11.1 Å². The van der Waals surface area contributed by atoms with E-state index in [1.54, 1.807) is 24.3 Å². The molecule has 0 spiro atoms. The second-order valence-electron chi connectivity index (χ2n) is 3.68. The molecule has 0 bridgehead atoms. The van der Waals surface area contributed by atoms with Crippen molar-refractivity contribution in [3.63, 3.8) is 0 Å². The van der Waals surface area contributed by atoms with Gasteiger partial charge in [0.05, 0.1) is 4.91 Å². The van der Waals surface area contributed by atoms with Crippen molar-refractivity contribution in [2.75, 3.05) is 6.54 Å². The molecule has 0 unspecified atom stereocenters. The van der Waals surface area contributed by atoms with Crippen LogP contribution in [0.1, 0.15) is 5.56 Å². The van der Waals surface area contributed by atoms with E-state index in [4.69, 9.17) is 16.7 Å². The lowest BCUT2D eigenvalue weighted by Crippen LogP contribution is -2.33. The molecule has 0 saturated carbocycles. The van der Waals surface area contributed by atoms with Gasteiger partial charge >= 0.3 is 5.97 Å². The van der Waals surface area contributed by atoms with Crippen LogP contribution in [0.5, 0.6) is 0 Å². The average Bonchev–Trinajstić information content (AvgIpc) is 2.60. The molecule has 1 aliphatic heterocycles. The van der Waals surface area contributed by atoms with Gasteiger partial charge in [-0.05, 0) is 29.5 Å². The Balaban J connectivity index is 2.28. The summed E-state index contributed by atoms with van der Waals surface area (Å²) < 4.78 is 0. The van der Waals surface area contributed by atoms with Crippen LogP contribution in [0, 0.1) is 0 Å². The quantitative estimate of drug-likeness (QED) is 0.867. The minimum Gasteiger partial charge on any atom is -0.480 e. The Hall–Kier alpha value is -1.79. The summed E-state index contributed by atoms with van der Waals surface area (Å²) in [4.78, 5) is 34.8. The molecule has 7 heteroatoms. The summed E-state index contributed by atoms with van der Waals surface area (Å²) in [5.41, 5.74) is 0.602. The van der Waals surface area contributed by atoms with Crippen LogP contribution in [-0.4, -0.2) is 33.7 Å².